The van der Waals surface area contributed by atoms with Crippen LogP contribution in [0.15, 0.2) is 36.4 Å². The quantitative estimate of drug-likeness (QED) is 0.736. The summed E-state index contributed by atoms with van der Waals surface area (Å²) in [5, 5.41) is 12.5. The van der Waals surface area contributed by atoms with Crippen molar-refractivity contribution in [2.24, 2.45) is 0 Å². The van der Waals surface area contributed by atoms with Gasteiger partial charge in [-0.05, 0) is 81.0 Å². The smallest absolute Gasteiger partial charge is 0.350 e. The number of aliphatic hydroxyl groups excluding tert-OH is 1. The van der Waals surface area contributed by atoms with E-state index >= 15 is 8.78 Å². The van der Waals surface area contributed by atoms with Crippen LogP contribution in [-0.2, 0) is 10.7 Å². The second kappa shape index (κ2) is 8.24. The Labute approximate surface area is 184 Å². The summed E-state index contributed by atoms with van der Waals surface area (Å²) in [7, 11) is 0. The van der Waals surface area contributed by atoms with Crippen LogP contribution >= 0.6 is 0 Å². The number of rotatable bonds is 4. The highest BCUT2D eigenvalue weighted by Crippen LogP contribution is 2.41. The van der Waals surface area contributed by atoms with Crippen LogP contribution < -0.4 is 5.32 Å². The zero-order chi connectivity index (χ0) is 23.2. The number of alkyl halides is 2. The van der Waals surface area contributed by atoms with Crippen LogP contribution in [0.4, 0.5) is 18.9 Å². The molecule has 0 aromatic heterocycles. The molecule has 2 aliphatic heterocycles. The van der Waals surface area contributed by atoms with Crippen molar-refractivity contribution in [2.75, 3.05) is 5.32 Å². The maximum absolute atomic E-state index is 15.4. The molecule has 2 amide bonds. The Bertz CT molecular complexity index is 1060. The van der Waals surface area contributed by atoms with E-state index in [4.69, 9.17) is 0 Å². The van der Waals surface area contributed by atoms with Gasteiger partial charge in [0.25, 0.3) is 11.8 Å². The monoisotopic (exact) mass is 446 g/mol. The van der Waals surface area contributed by atoms with Crippen molar-refractivity contribution in [1.29, 1.82) is 0 Å². The lowest BCUT2D eigenvalue weighted by molar-refractivity contribution is -0.165. The van der Waals surface area contributed by atoms with Gasteiger partial charge in [-0.3, -0.25) is 9.59 Å². The molecule has 3 atom stereocenters. The van der Waals surface area contributed by atoms with E-state index in [1.165, 1.54) is 42.2 Å². The van der Waals surface area contributed by atoms with Crippen LogP contribution in [0.25, 0.3) is 0 Å². The molecule has 2 aromatic rings. The molecule has 1 unspecified atom stereocenters. The van der Waals surface area contributed by atoms with Gasteiger partial charge in [-0.25, -0.2) is 4.39 Å². The number of fused-ring (bicyclic) bond motifs is 2. The van der Waals surface area contributed by atoms with Crippen LogP contribution in [0, 0.1) is 19.7 Å². The summed E-state index contributed by atoms with van der Waals surface area (Å²) in [6.45, 7) is 3.02. The first-order valence-electron chi connectivity index (χ1n) is 10.6. The van der Waals surface area contributed by atoms with E-state index in [2.05, 4.69) is 5.32 Å². The highest BCUT2D eigenvalue weighted by Gasteiger charge is 2.52. The van der Waals surface area contributed by atoms with Crippen LogP contribution in [0.5, 0.6) is 0 Å². The number of halogens is 3. The number of aliphatic hydroxyl groups is 1. The minimum Gasteiger partial charge on any atom is -0.393 e. The van der Waals surface area contributed by atoms with Gasteiger partial charge in [-0.1, -0.05) is 6.07 Å². The summed E-state index contributed by atoms with van der Waals surface area (Å²) in [6, 6.07) is 7.09. The molecule has 5 nitrogen and oxygen atoms in total. The number of carbonyl (C=O) groups is 2. The molecule has 0 spiro atoms. The highest BCUT2D eigenvalue weighted by molar-refractivity contribution is 6.04. The first-order chi connectivity index (χ1) is 15.1. The van der Waals surface area contributed by atoms with Gasteiger partial charge < -0.3 is 15.3 Å². The molecule has 8 heteroatoms. The number of nitrogens with one attached hydrogen (secondary N) is 1. The van der Waals surface area contributed by atoms with E-state index in [0.29, 0.717) is 36.9 Å². The Hall–Kier alpha value is -2.87. The molecule has 2 N–H and O–H groups in total. The van der Waals surface area contributed by atoms with Crippen LogP contribution in [0.1, 0.15) is 52.7 Å². The first-order valence-corrected chi connectivity index (χ1v) is 10.6. The zero-order valence-electron chi connectivity index (χ0n) is 17.9. The second-order valence-corrected chi connectivity index (χ2v) is 8.74. The van der Waals surface area contributed by atoms with E-state index in [0.717, 1.165) is 6.07 Å². The van der Waals surface area contributed by atoms with Gasteiger partial charge in [0.05, 0.1) is 6.10 Å². The molecular formula is C24H25F3N2O3. The highest BCUT2D eigenvalue weighted by atomic mass is 19.3. The van der Waals surface area contributed by atoms with Crippen molar-refractivity contribution < 1.29 is 27.9 Å². The third kappa shape index (κ3) is 3.99. The number of aryl methyl sites for hydroxylation is 2. The van der Waals surface area contributed by atoms with Crippen LogP contribution in [0.2, 0.25) is 0 Å². The van der Waals surface area contributed by atoms with E-state index in [1.54, 1.807) is 6.92 Å². The standard InChI is InChI=1S/C24H25F3N2O3/c1-13-3-4-15(22(31)28-16-5-8-21(25)14(2)9-16)10-20(13)24(26,27)23(32)29-17-6-7-18(29)12-19(30)11-17/h3-5,8-10,17-19,30H,6-7,11-12H2,1-2H3,(H,28,31)/t17-,18+,19?. The maximum Gasteiger partial charge on any atom is 0.350 e. The summed E-state index contributed by atoms with van der Waals surface area (Å²) in [6.07, 6.45) is 1.23. The molecule has 2 bridgehead atoms. The molecule has 2 saturated heterocycles. The average Bonchev–Trinajstić information content (AvgIpc) is 3.00. The van der Waals surface area contributed by atoms with Gasteiger partial charge in [0, 0.05) is 28.9 Å². The van der Waals surface area contributed by atoms with E-state index in [-0.39, 0.29) is 11.1 Å². The molecule has 0 radical (unpaired) electrons. The fourth-order valence-electron chi connectivity index (χ4n) is 4.78. The first kappa shape index (κ1) is 22.3. The number of benzene rings is 2. The Morgan fingerprint density at radius 3 is 2.31 bits per heavy atom. The van der Waals surface area contributed by atoms with Crippen LogP contribution in [0.3, 0.4) is 0 Å². The molecule has 0 aliphatic carbocycles. The van der Waals surface area contributed by atoms with Crippen molar-refractivity contribution in [2.45, 2.75) is 63.6 Å². The predicted molar refractivity (Wildman–Crippen MR) is 113 cm³/mol. The van der Waals surface area contributed by atoms with Crippen LogP contribution in [-0.4, -0.2) is 40.0 Å². The number of nitrogens with zero attached hydrogens (tertiary/aromatic N) is 1. The molecule has 2 aromatic carbocycles. The Kier molecular flexibility index (Phi) is 5.75. The van der Waals surface area contributed by atoms with Crippen molar-refractivity contribution in [3.63, 3.8) is 0 Å². The number of hydrogen-bond acceptors (Lipinski definition) is 3. The van der Waals surface area contributed by atoms with Gasteiger partial charge >= 0.3 is 5.92 Å². The average molecular weight is 446 g/mol. The lowest BCUT2D eigenvalue weighted by atomic mass is 9.95. The topological polar surface area (TPSA) is 69.6 Å². The zero-order valence-corrected chi connectivity index (χ0v) is 17.9. The number of piperidine rings is 1. The van der Waals surface area contributed by atoms with E-state index in [1.807, 2.05) is 0 Å². The predicted octanol–water partition coefficient (Wildman–Crippen LogP) is 4.30. The van der Waals surface area contributed by atoms with E-state index in [9.17, 15) is 19.1 Å². The largest absolute Gasteiger partial charge is 0.393 e. The number of hydrogen-bond donors (Lipinski definition) is 2. The molecule has 32 heavy (non-hydrogen) atoms. The summed E-state index contributed by atoms with van der Waals surface area (Å²) >= 11 is 0. The number of anilines is 1. The molecule has 2 aliphatic rings. The summed E-state index contributed by atoms with van der Waals surface area (Å²) < 4.78 is 44.3. The summed E-state index contributed by atoms with van der Waals surface area (Å²) in [5.74, 6) is -6.15. The van der Waals surface area contributed by atoms with Gasteiger partial charge in [-0.15, -0.1) is 0 Å². The number of amides is 2. The summed E-state index contributed by atoms with van der Waals surface area (Å²) in [4.78, 5) is 26.8. The second-order valence-electron chi connectivity index (χ2n) is 8.74. The summed E-state index contributed by atoms with van der Waals surface area (Å²) in [5.41, 5.74) is 0.322. The normalized spacial score (nSPS) is 22.7. The third-order valence-electron chi connectivity index (χ3n) is 6.47. The minimum atomic E-state index is -3.81. The van der Waals surface area contributed by atoms with Crippen molar-refractivity contribution in [3.8, 4) is 0 Å². The van der Waals surface area contributed by atoms with Crippen molar-refractivity contribution in [3.05, 3.63) is 64.5 Å². The van der Waals surface area contributed by atoms with Crippen molar-refractivity contribution >= 4 is 17.5 Å². The maximum atomic E-state index is 15.4. The number of carbonyl (C=O) groups excluding carboxylic acids is 2. The minimum absolute atomic E-state index is 0.0305. The fraction of sp³-hybridized carbons (Fsp3) is 0.417. The third-order valence-corrected chi connectivity index (χ3v) is 6.47. The molecular weight excluding hydrogens is 421 g/mol. The SMILES string of the molecule is Cc1cc(NC(=O)c2ccc(C)c(C(F)(F)C(=O)N3[C@@H]4CC[C@H]3CC(O)C4)c2)ccc1F. The molecule has 2 fully saturated rings. The molecule has 4 rings (SSSR count). The van der Waals surface area contributed by atoms with Gasteiger partial charge in [0.1, 0.15) is 5.82 Å². The molecule has 170 valence electrons. The van der Waals surface area contributed by atoms with Gasteiger partial charge in [0.15, 0.2) is 0 Å². The Balaban J connectivity index is 1.59. The van der Waals surface area contributed by atoms with Gasteiger partial charge in [0.2, 0.25) is 0 Å². The fourth-order valence-corrected chi connectivity index (χ4v) is 4.78. The lowest BCUT2D eigenvalue weighted by Crippen LogP contribution is -2.53. The van der Waals surface area contributed by atoms with Crippen molar-refractivity contribution in [1.82, 2.24) is 4.90 Å². The Morgan fingerprint density at radius 2 is 1.69 bits per heavy atom. The molecule has 2 heterocycles. The molecule has 0 saturated carbocycles. The van der Waals surface area contributed by atoms with Gasteiger partial charge in [-0.2, -0.15) is 8.78 Å². The lowest BCUT2D eigenvalue weighted by Gasteiger charge is -2.39. The Morgan fingerprint density at radius 1 is 1.03 bits per heavy atom. The van der Waals surface area contributed by atoms with E-state index < -0.39 is 47.3 Å².